The summed E-state index contributed by atoms with van der Waals surface area (Å²) in [5.74, 6) is 0.313. The molecule has 2 N–H and O–H groups in total. The van der Waals surface area contributed by atoms with Crippen LogP contribution in [0, 0.1) is 5.92 Å². The Bertz CT molecular complexity index is 377. The Morgan fingerprint density at radius 3 is 2.94 bits per heavy atom. The van der Waals surface area contributed by atoms with Crippen molar-refractivity contribution in [2.45, 2.75) is 38.3 Å². The summed E-state index contributed by atoms with van der Waals surface area (Å²) >= 11 is 0. The summed E-state index contributed by atoms with van der Waals surface area (Å²) in [5.41, 5.74) is 1.11. The fourth-order valence-corrected chi connectivity index (χ4v) is 2.48. The molecule has 0 aromatic carbocycles. The van der Waals surface area contributed by atoms with Gasteiger partial charge in [0.05, 0.1) is 5.69 Å². The number of nitrogens with one attached hydrogen (secondary N) is 1. The monoisotopic (exact) mass is 246 g/mol. The number of aliphatic hydroxyl groups excluding tert-OH is 1. The van der Waals surface area contributed by atoms with Gasteiger partial charge in [-0.3, -0.25) is 4.98 Å². The summed E-state index contributed by atoms with van der Waals surface area (Å²) < 4.78 is 0. The summed E-state index contributed by atoms with van der Waals surface area (Å²) in [6.45, 7) is 2.44. The molecular formula is C15H22N2O. The quantitative estimate of drug-likeness (QED) is 0.758. The van der Waals surface area contributed by atoms with Crippen molar-refractivity contribution in [3.8, 4) is 0 Å². The Morgan fingerprint density at radius 2 is 2.33 bits per heavy atom. The van der Waals surface area contributed by atoms with E-state index in [1.54, 1.807) is 0 Å². The van der Waals surface area contributed by atoms with E-state index in [1.165, 1.54) is 0 Å². The molecule has 1 heterocycles. The highest BCUT2D eigenvalue weighted by Gasteiger charge is 2.21. The van der Waals surface area contributed by atoms with Crippen molar-refractivity contribution in [3.63, 3.8) is 0 Å². The number of aliphatic hydroxyl groups is 1. The molecule has 2 rings (SSSR count). The lowest BCUT2D eigenvalue weighted by atomic mass is 10.0. The molecule has 0 aliphatic heterocycles. The zero-order chi connectivity index (χ0) is 12.8. The van der Waals surface area contributed by atoms with Crippen LogP contribution in [-0.2, 0) is 0 Å². The van der Waals surface area contributed by atoms with Gasteiger partial charge in [0.2, 0.25) is 0 Å². The second kappa shape index (κ2) is 6.66. The minimum absolute atomic E-state index is 0.247. The van der Waals surface area contributed by atoms with Gasteiger partial charge >= 0.3 is 0 Å². The van der Waals surface area contributed by atoms with Gasteiger partial charge in [-0.25, -0.2) is 0 Å². The maximum atomic E-state index is 9.15. The highest BCUT2D eigenvalue weighted by Crippen LogP contribution is 2.22. The van der Waals surface area contributed by atoms with Gasteiger partial charge in [0.25, 0.3) is 0 Å². The van der Waals surface area contributed by atoms with E-state index in [-0.39, 0.29) is 6.61 Å². The van der Waals surface area contributed by atoms with E-state index in [2.05, 4.69) is 35.4 Å². The Morgan fingerprint density at radius 1 is 1.44 bits per heavy atom. The molecule has 18 heavy (non-hydrogen) atoms. The predicted molar refractivity (Wildman–Crippen MR) is 73.1 cm³/mol. The maximum absolute atomic E-state index is 9.15. The Labute approximate surface area is 109 Å². The molecule has 0 amide bonds. The molecular weight excluding hydrogens is 224 g/mol. The summed E-state index contributed by atoms with van der Waals surface area (Å²) in [4.78, 5) is 4.44. The lowest BCUT2D eigenvalue weighted by Crippen LogP contribution is -2.31. The van der Waals surface area contributed by atoms with E-state index < -0.39 is 0 Å². The van der Waals surface area contributed by atoms with E-state index in [0.717, 1.165) is 25.0 Å². The summed E-state index contributed by atoms with van der Waals surface area (Å²) in [7, 11) is 0. The third kappa shape index (κ3) is 3.40. The number of hydrogen-bond acceptors (Lipinski definition) is 3. The summed E-state index contributed by atoms with van der Waals surface area (Å²) in [5, 5.41) is 12.8. The van der Waals surface area contributed by atoms with Gasteiger partial charge in [-0.05, 0) is 25.0 Å². The third-order valence-electron chi connectivity index (χ3n) is 3.44. The van der Waals surface area contributed by atoms with Crippen LogP contribution in [0.25, 0.3) is 0 Å². The van der Waals surface area contributed by atoms with Crippen LogP contribution in [0.2, 0.25) is 0 Å². The molecule has 0 radical (unpaired) electrons. The number of nitrogens with zero attached hydrogens (tertiary/aromatic N) is 1. The largest absolute Gasteiger partial charge is 0.396 e. The van der Waals surface area contributed by atoms with Crippen LogP contribution in [-0.4, -0.2) is 22.7 Å². The van der Waals surface area contributed by atoms with Crippen LogP contribution in [0.3, 0.4) is 0 Å². The van der Waals surface area contributed by atoms with Crippen LogP contribution in [0.5, 0.6) is 0 Å². The Hall–Kier alpha value is -1.19. The van der Waals surface area contributed by atoms with Gasteiger partial charge in [0, 0.05) is 30.8 Å². The minimum atomic E-state index is 0.247. The highest BCUT2D eigenvalue weighted by atomic mass is 16.3. The predicted octanol–water partition coefficient (Wildman–Crippen LogP) is 2.45. The number of hydrogen-bond donors (Lipinski definition) is 2. The van der Waals surface area contributed by atoms with Gasteiger partial charge in [-0.2, -0.15) is 0 Å². The van der Waals surface area contributed by atoms with Crippen LogP contribution >= 0.6 is 0 Å². The fourth-order valence-electron chi connectivity index (χ4n) is 2.48. The molecule has 1 aliphatic carbocycles. The third-order valence-corrected chi connectivity index (χ3v) is 3.44. The molecule has 3 heteroatoms. The minimum Gasteiger partial charge on any atom is -0.396 e. The Kier molecular flexibility index (Phi) is 4.90. The smallest absolute Gasteiger partial charge is 0.0573 e. The molecule has 0 saturated carbocycles. The van der Waals surface area contributed by atoms with E-state index in [9.17, 15) is 0 Å². The van der Waals surface area contributed by atoms with Gasteiger partial charge in [-0.15, -0.1) is 0 Å². The van der Waals surface area contributed by atoms with Crippen molar-refractivity contribution in [3.05, 3.63) is 42.2 Å². The van der Waals surface area contributed by atoms with Gasteiger partial charge in [0.1, 0.15) is 0 Å². The van der Waals surface area contributed by atoms with Crippen LogP contribution in [0.15, 0.2) is 36.5 Å². The fraction of sp³-hybridized carbons (Fsp3) is 0.533. The first-order valence-corrected chi connectivity index (χ1v) is 6.79. The van der Waals surface area contributed by atoms with Crippen molar-refractivity contribution < 1.29 is 5.11 Å². The molecule has 1 aromatic rings. The van der Waals surface area contributed by atoms with E-state index in [4.69, 9.17) is 5.11 Å². The molecule has 3 nitrogen and oxygen atoms in total. The second-order valence-electron chi connectivity index (χ2n) is 4.93. The van der Waals surface area contributed by atoms with E-state index in [1.807, 2.05) is 18.3 Å². The molecule has 1 aromatic heterocycles. The van der Waals surface area contributed by atoms with Crippen molar-refractivity contribution in [2.24, 2.45) is 5.92 Å². The van der Waals surface area contributed by atoms with Gasteiger partial charge < -0.3 is 10.4 Å². The molecule has 0 bridgehead atoms. The number of rotatable bonds is 6. The van der Waals surface area contributed by atoms with E-state index in [0.29, 0.717) is 18.0 Å². The molecule has 1 unspecified atom stereocenters. The van der Waals surface area contributed by atoms with Crippen molar-refractivity contribution in [2.75, 3.05) is 6.61 Å². The number of pyridine rings is 1. The average Bonchev–Trinajstić information content (AvgIpc) is 2.87. The van der Waals surface area contributed by atoms with Crippen LogP contribution in [0.4, 0.5) is 0 Å². The number of aromatic nitrogens is 1. The summed E-state index contributed by atoms with van der Waals surface area (Å²) in [6.07, 6.45) is 9.34. The first-order chi connectivity index (χ1) is 8.83. The highest BCUT2D eigenvalue weighted by molar-refractivity contribution is 5.12. The standard InChI is InChI=1S/C15H22N2O/c1-2-5-15(14-6-3-4-9-16-14)17-13-8-7-12(10-13)11-18/h3-4,6-9,12-13,15,17-18H,2,5,10-11H2,1H3/t12-,13+,15?/m0/s1. The maximum Gasteiger partial charge on any atom is 0.0573 e. The SMILES string of the molecule is CCCC(N[C@@H]1C=C[C@H](CO)C1)c1ccccn1. The van der Waals surface area contributed by atoms with Crippen molar-refractivity contribution >= 4 is 0 Å². The zero-order valence-corrected chi connectivity index (χ0v) is 10.9. The second-order valence-corrected chi connectivity index (χ2v) is 4.93. The van der Waals surface area contributed by atoms with Gasteiger partial charge in [-0.1, -0.05) is 31.6 Å². The molecule has 3 atom stereocenters. The van der Waals surface area contributed by atoms with Crippen LogP contribution in [0.1, 0.15) is 37.9 Å². The molecule has 0 saturated heterocycles. The first-order valence-electron chi connectivity index (χ1n) is 6.79. The first kappa shape index (κ1) is 13.2. The molecule has 1 aliphatic rings. The zero-order valence-electron chi connectivity index (χ0n) is 10.9. The lowest BCUT2D eigenvalue weighted by molar-refractivity contribution is 0.244. The Balaban J connectivity index is 1.97. The summed E-state index contributed by atoms with van der Waals surface area (Å²) in [6, 6.07) is 6.73. The van der Waals surface area contributed by atoms with Crippen molar-refractivity contribution in [1.29, 1.82) is 0 Å². The molecule has 98 valence electrons. The average molecular weight is 246 g/mol. The van der Waals surface area contributed by atoms with Crippen molar-refractivity contribution in [1.82, 2.24) is 10.3 Å². The topological polar surface area (TPSA) is 45.1 Å². The van der Waals surface area contributed by atoms with E-state index >= 15 is 0 Å². The normalized spacial score (nSPS) is 24.3. The lowest BCUT2D eigenvalue weighted by Gasteiger charge is -2.22. The van der Waals surface area contributed by atoms with Gasteiger partial charge in [0.15, 0.2) is 0 Å². The van der Waals surface area contributed by atoms with Crippen LogP contribution < -0.4 is 5.32 Å². The molecule has 0 fully saturated rings. The molecule has 0 spiro atoms.